The van der Waals surface area contributed by atoms with E-state index in [2.05, 4.69) is 35.0 Å². The van der Waals surface area contributed by atoms with Crippen LogP contribution < -0.4 is 20.7 Å². The molecule has 7 nitrogen and oxygen atoms in total. The number of nitrogens with one attached hydrogen (secondary N) is 3. The first kappa shape index (κ1) is 22.3. The zero-order valence-corrected chi connectivity index (χ0v) is 18.7. The van der Waals surface area contributed by atoms with Crippen molar-refractivity contribution in [3.05, 3.63) is 64.7 Å². The van der Waals surface area contributed by atoms with Crippen molar-refractivity contribution >= 4 is 11.8 Å². The van der Waals surface area contributed by atoms with Crippen LogP contribution in [0, 0.1) is 0 Å². The summed E-state index contributed by atoms with van der Waals surface area (Å²) >= 11 is 0. The normalized spacial score (nSPS) is 22.0. The minimum atomic E-state index is -0.405. The summed E-state index contributed by atoms with van der Waals surface area (Å²) in [5.41, 5.74) is 2.45. The van der Waals surface area contributed by atoms with E-state index >= 15 is 0 Å². The van der Waals surface area contributed by atoms with E-state index in [1.54, 1.807) is 13.1 Å². The fourth-order valence-electron chi connectivity index (χ4n) is 4.59. The van der Waals surface area contributed by atoms with E-state index in [0.29, 0.717) is 36.6 Å². The standard InChI is InChI=1S/C25H31N3O4/c1-3-25(18-7-5-4-6-8-18)16-32-22-20(24(30)26-2)13-17(14-21(22)25)23(29)28-10-9-19-15-27-11-12-31-19/h4-8,13-14,19,27H,3,9-12,15-16H2,1-2H3,(H,26,30)(H,28,29)/t19-,25?/m0/s1. The Morgan fingerprint density at radius 2 is 2.00 bits per heavy atom. The van der Waals surface area contributed by atoms with E-state index in [9.17, 15) is 9.59 Å². The van der Waals surface area contributed by atoms with E-state index in [0.717, 1.165) is 37.1 Å². The van der Waals surface area contributed by atoms with Gasteiger partial charge in [0.15, 0.2) is 0 Å². The van der Waals surface area contributed by atoms with Crippen molar-refractivity contribution in [2.45, 2.75) is 31.3 Å². The van der Waals surface area contributed by atoms with E-state index in [4.69, 9.17) is 9.47 Å². The van der Waals surface area contributed by atoms with Crippen molar-refractivity contribution in [2.75, 3.05) is 39.9 Å². The zero-order valence-electron chi connectivity index (χ0n) is 18.7. The van der Waals surface area contributed by atoms with Gasteiger partial charge in [-0.3, -0.25) is 9.59 Å². The highest BCUT2D eigenvalue weighted by Crippen LogP contribution is 2.47. The molecule has 0 radical (unpaired) electrons. The summed E-state index contributed by atoms with van der Waals surface area (Å²) in [5, 5.41) is 8.96. The maximum absolute atomic E-state index is 13.0. The molecule has 0 aliphatic carbocycles. The van der Waals surface area contributed by atoms with Crippen LogP contribution in [0.4, 0.5) is 0 Å². The SMILES string of the molecule is CCC1(c2ccccc2)COc2c(C(=O)NC)cc(C(=O)NCC[C@H]3CNCCO3)cc21. The molecule has 170 valence electrons. The number of fused-ring (bicyclic) bond motifs is 1. The van der Waals surface area contributed by atoms with E-state index in [-0.39, 0.29) is 17.9 Å². The van der Waals surface area contributed by atoms with Crippen LogP contribution in [0.2, 0.25) is 0 Å². The number of amides is 2. The summed E-state index contributed by atoms with van der Waals surface area (Å²) in [5.74, 6) is 0.0949. The molecule has 0 saturated carbocycles. The Hall–Kier alpha value is -2.90. The van der Waals surface area contributed by atoms with Crippen molar-refractivity contribution in [3.63, 3.8) is 0 Å². The Labute approximate surface area is 188 Å². The number of rotatable bonds is 7. The Morgan fingerprint density at radius 3 is 2.69 bits per heavy atom. The molecule has 1 fully saturated rings. The maximum Gasteiger partial charge on any atom is 0.254 e. The van der Waals surface area contributed by atoms with E-state index in [1.807, 2.05) is 24.3 Å². The first-order valence-electron chi connectivity index (χ1n) is 11.3. The molecule has 1 saturated heterocycles. The minimum absolute atomic E-state index is 0.102. The summed E-state index contributed by atoms with van der Waals surface area (Å²) in [7, 11) is 1.58. The molecule has 3 N–H and O–H groups in total. The highest BCUT2D eigenvalue weighted by Gasteiger charge is 2.43. The summed E-state index contributed by atoms with van der Waals surface area (Å²) in [4.78, 5) is 25.7. The molecule has 4 rings (SSSR count). The van der Waals surface area contributed by atoms with Crippen LogP contribution in [0.25, 0.3) is 0 Å². The van der Waals surface area contributed by atoms with Crippen LogP contribution in [-0.2, 0) is 10.2 Å². The third-order valence-corrected chi connectivity index (χ3v) is 6.49. The second-order valence-electron chi connectivity index (χ2n) is 8.31. The maximum atomic E-state index is 13.0. The average molecular weight is 438 g/mol. The van der Waals surface area contributed by atoms with E-state index < -0.39 is 5.41 Å². The first-order chi connectivity index (χ1) is 15.6. The van der Waals surface area contributed by atoms with Gasteiger partial charge in [-0.05, 0) is 30.5 Å². The van der Waals surface area contributed by atoms with Crippen molar-refractivity contribution in [3.8, 4) is 5.75 Å². The number of hydrogen-bond donors (Lipinski definition) is 3. The number of carbonyl (C=O) groups is 2. The molecule has 0 aromatic heterocycles. The van der Waals surface area contributed by atoms with Gasteiger partial charge >= 0.3 is 0 Å². The van der Waals surface area contributed by atoms with Crippen LogP contribution >= 0.6 is 0 Å². The van der Waals surface area contributed by atoms with Gasteiger partial charge in [-0.2, -0.15) is 0 Å². The molecular formula is C25H31N3O4. The lowest BCUT2D eigenvalue weighted by atomic mass is 9.73. The molecule has 2 aliphatic heterocycles. The molecule has 2 aliphatic rings. The molecule has 1 unspecified atom stereocenters. The Bertz CT molecular complexity index is 973. The summed E-state index contributed by atoms with van der Waals surface area (Å²) in [6, 6.07) is 13.7. The van der Waals surface area contributed by atoms with E-state index in [1.165, 1.54) is 0 Å². The molecule has 2 amide bonds. The highest BCUT2D eigenvalue weighted by atomic mass is 16.5. The molecular weight excluding hydrogens is 406 g/mol. The zero-order chi connectivity index (χ0) is 22.6. The number of carbonyl (C=O) groups excluding carboxylic acids is 2. The minimum Gasteiger partial charge on any atom is -0.491 e. The van der Waals surface area contributed by atoms with Crippen LogP contribution in [-0.4, -0.2) is 57.8 Å². The van der Waals surface area contributed by atoms with Crippen molar-refractivity contribution in [2.24, 2.45) is 0 Å². The largest absolute Gasteiger partial charge is 0.491 e. The quantitative estimate of drug-likeness (QED) is 0.618. The molecule has 2 aromatic rings. The number of ether oxygens (including phenoxy) is 2. The predicted molar refractivity (Wildman–Crippen MR) is 122 cm³/mol. The fourth-order valence-corrected chi connectivity index (χ4v) is 4.59. The Morgan fingerprint density at radius 1 is 1.19 bits per heavy atom. The monoisotopic (exact) mass is 437 g/mol. The number of morpholine rings is 1. The number of benzene rings is 2. The molecule has 2 heterocycles. The van der Waals surface area contributed by atoms with Gasteiger partial charge in [0.05, 0.1) is 23.7 Å². The third-order valence-electron chi connectivity index (χ3n) is 6.49. The second kappa shape index (κ2) is 9.71. The highest BCUT2D eigenvalue weighted by molar-refractivity contribution is 6.02. The van der Waals surface area contributed by atoms with Gasteiger partial charge in [-0.15, -0.1) is 0 Å². The summed E-state index contributed by atoms with van der Waals surface area (Å²) < 4.78 is 11.8. The molecule has 2 aromatic carbocycles. The van der Waals surface area contributed by atoms with Crippen LogP contribution in [0.3, 0.4) is 0 Å². The van der Waals surface area contributed by atoms with Gasteiger partial charge < -0.3 is 25.4 Å². The lowest BCUT2D eigenvalue weighted by Crippen LogP contribution is -2.40. The van der Waals surface area contributed by atoms with Crippen molar-refractivity contribution < 1.29 is 19.1 Å². The number of hydrogen-bond acceptors (Lipinski definition) is 5. The first-order valence-corrected chi connectivity index (χ1v) is 11.3. The van der Waals surface area contributed by atoms with Gasteiger partial charge in [0, 0.05) is 37.8 Å². The lowest BCUT2D eigenvalue weighted by Gasteiger charge is -2.27. The van der Waals surface area contributed by atoms with Crippen molar-refractivity contribution in [1.29, 1.82) is 0 Å². The van der Waals surface area contributed by atoms with Gasteiger partial charge in [-0.25, -0.2) is 0 Å². The van der Waals surface area contributed by atoms with Crippen LogP contribution in [0.1, 0.15) is 51.6 Å². The van der Waals surface area contributed by atoms with Crippen molar-refractivity contribution in [1.82, 2.24) is 16.0 Å². The van der Waals surface area contributed by atoms with Crippen LogP contribution in [0.5, 0.6) is 5.75 Å². The Kier molecular flexibility index (Phi) is 6.77. The smallest absolute Gasteiger partial charge is 0.254 e. The fraction of sp³-hybridized carbons (Fsp3) is 0.440. The van der Waals surface area contributed by atoms with Gasteiger partial charge in [-0.1, -0.05) is 37.3 Å². The Balaban J connectivity index is 1.64. The average Bonchev–Trinajstić information content (AvgIpc) is 3.24. The molecule has 32 heavy (non-hydrogen) atoms. The topological polar surface area (TPSA) is 88.7 Å². The molecule has 0 bridgehead atoms. The predicted octanol–water partition coefficient (Wildman–Crippen LogP) is 2.24. The third kappa shape index (κ3) is 4.23. The van der Waals surface area contributed by atoms with Crippen LogP contribution in [0.15, 0.2) is 42.5 Å². The van der Waals surface area contributed by atoms with Gasteiger partial charge in [0.1, 0.15) is 12.4 Å². The molecule has 7 heteroatoms. The molecule has 0 spiro atoms. The second-order valence-corrected chi connectivity index (χ2v) is 8.31. The molecule has 2 atom stereocenters. The lowest BCUT2D eigenvalue weighted by molar-refractivity contribution is 0.0239. The summed E-state index contributed by atoms with van der Waals surface area (Å²) in [6.07, 6.45) is 1.62. The van der Waals surface area contributed by atoms with Gasteiger partial charge in [0.2, 0.25) is 0 Å². The van der Waals surface area contributed by atoms with Gasteiger partial charge in [0.25, 0.3) is 11.8 Å². The summed E-state index contributed by atoms with van der Waals surface area (Å²) in [6.45, 7) is 5.40.